The lowest BCUT2D eigenvalue weighted by Gasteiger charge is -2.37. The molecule has 4 aliphatic rings. The zero-order valence-corrected chi connectivity index (χ0v) is 23.7. The van der Waals surface area contributed by atoms with Crippen LogP contribution in [0.4, 0.5) is 0 Å². The number of carbonyl (C=O) groups excluding carboxylic acids is 1. The Bertz CT molecular complexity index is 1610. The van der Waals surface area contributed by atoms with Crippen molar-refractivity contribution in [3.8, 4) is 29.8 Å². The Labute approximate surface area is 238 Å². The third-order valence-corrected chi connectivity index (χ3v) is 9.76. The molecular weight excluding hydrogens is 524 g/mol. The van der Waals surface area contributed by atoms with Crippen LogP contribution >= 0.6 is 0 Å². The highest BCUT2D eigenvalue weighted by molar-refractivity contribution is 5.91. The van der Waals surface area contributed by atoms with E-state index in [0.717, 1.165) is 69.2 Å². The smallest absolute Gasteiger partial charge is 0.330 e. The second-order valence-electron chi connectivity index (χ2n) is 12.1. The molecule has 41 heavy (non-hydrogen) atoms. The SMILES string of the molecule is C#C[C@H](Oc1nc(-c2onc3c2CCC[C@@]32CCCCC2=O)nc2c1n(C)c(=O)n2[C@H]1CCOC1)[C@@H]1CCCN1C. The third kappa shape index (κ3) is 4.06. The second-order valence-corrected chi connectivity index (χ2v) is 12.1. The van der Waals surface area contributed by atoms with Gasteiger partial charge in [0.2, 0.25) is 17.5 Å². The van der Waals surface area contributed by atoms with Gasteiger partial charge in [0, 0.05) is 25.6 Å². The standard InChI is InChI=1S/C30H36N6O5/c1-4-21(20-10-8-15-34(20)2)40-28-23-27(36(29(38)35(23)3)18-12-16-39-17-18)31-26(32-28)24-19-9-7-14-30(25(19)33-41-24)13-6-5-11-22(30)37/h1,18,20-21H,5-17H2,2-3H3/t18-,20-,21-,30+/m0/s1. The van der Waals surface area contributed by atoms with Crippen LogP contribution < -0.4 is 10.4 Å². The predicted octanol–water partition coefficient (Wildman–Crippen LogP) is 2.94. The number of ether oxygens (including phenoxy) is 2. The molecule has 2 aliphatic heterocycles. The first-order valence-corrected chi connectivity index (χ1v) is 14.9. The molecule has 11 nitrogen and oxygen atoms in total. The highest BCUT2D eigenvalue weighted by Gasteiger charge is 2.48. The van der Waals surface area contributed by atoms with Crippen molar-refractivity contribution in [1.82, 2.24) is 29.2 Å². The first-order chi connectivity index (χ1) is 19.9. The van der Waals surface area contributed by atoms with Crippen molar-refractivity contribution in [3.63, 3.8) is 0 Å². The predicted molar refractivity (Wildman–Crippen MR) is 150 cm³/mol. The average Bonchev–Trinajstić information content (AvgIpc) is 3.77. The van der Waals surface area contributed by atoms with Crippen LogP contribution in [0.15, 0.2) is 9.32 Å². The highest BCUT2D eigenvalue weighted by Crippen LogP contribution is 2.47. The summed E-state index contributed by atoms with van der Waals surface area (Å²) in [5, 5.41) is 4.49. The first kappa shape index (κ1) is 26.4. The van der Waals surface area contributed by atoms with Crippen molar-refractivity contribution in [2.24, 2.45) is 7.05 Å². The van der Waals surface area contributed by atoms with Gasteiger partial charge in [0.15, 0.2) is 17.3 Å². The Morgan fingerprint density at radius 3 is 2.68 bits per heavy atom. The summed E-state index contributed by atoms with van der Waals surface area (Å²) in [5.74, 6) is 4.04. The monoisotopic (exact) mass is 560 g/mol. The lowest BCUT2D eigenvalue weighted by atomic mass is 9.64. The fourth-order valence-corrected chi connectivity index (χ4v) is 7.52. The average molecular weight is 561 g/mol. The maximum atomic E-state index is 13.6. The van der Waals surface area contributed by atoms with Gasteiger partial charge in [-0.25, -0.2) is 9.78 Å². The number of fused-ring (bicyclic) bond motifs is 3. The Balaban J connectivity index is 1.40. The largest absolute Gasteiger partial charge is 0.458 e. The number of ketones is 1. The fourth-order valence-electron chi connectivity index (χ4n) is 7.52. The number of aromatic nitrogens is 5. The Hall–Kier alpha value is -3.49. The molecule has 3 aromatic rings. The van der Waals surface area contributed by atoms with E-state index in [2.05, 4.69) is 16.0 Å². The summed E-state index contributed by atoms with van der Waals surface area (Å²) < 4.78 is 21.3. The molecule has 3 fully saturated rings. The summed E-state index contributed by atoms with van der Waals surface area (Å²) >= 11 is 0. The third-order valence-electron chi connectivity index (χ3n) is 9.76. The van der Waals surface area contributed by atoms with Gasteiger partial charge in [0.25, 0.3) is 0 Å². The minimum absolute atomic E-state index is 0.0334. The summed E-state index contributed by atoms with van der Waals surface area (Å²) in [6.07, 6.45) is 13.7. The van der Waals surface area contributed by atoms with Crippen molar-refractivity contribution in [1.29, 1.82) is 0 Å². The zero-order chi connectivity index (χ0) is 28.3. The van der Waals surface area contributed by atoms with Gasteiger partial charge in [-0.2, -0.15) is 4.98 Å². The molecule has 5 heterocycles. The minimum atomic E-state index is -0.589. The zero-order valence-electron chi connectivity index (χ0n) is 23.7. The number of carbonyl (C=O) groups is 1. The van der Waals surface area contributed by atoms with E-state index in [1.165, 1.54) is 4.57 Å². The summed E-state index contributed by atoms with van der Waals surface area (Å²) in [7, 11) is 3.75. The van der Waals surface area contributed by atoms with E-state index in [4.69, 9.17) is 30.4 Å². The number of likely N-dealkylation sites (N-methyl/N-ethyl adjacent to an activating group) is 1. The van der Waals surface area contributed by atoms with Crippen LogP contribution in [-0.4, -0.2) is 73.9 Å². The van der Waals surface area contributed by atoms with Gasteiger partial charge < -0.3 is 14.0 Å². The Morgan fingerprint density at radius 2 is 1.95 bits per heavy atom. The lowest BCUT2D eigenvalue weighted by Crippen LogP contribution is -2.41. The fraction of sp³-hybridized carbons (Fsp3) is 0.633. The first-order valence-electron chi connectivity index (χ1n) is 14.9. The molecule has 7 rings (SSSR count). The van der Waals surface area contributed by atoms with Crippen LogP contribution in [0.2, 0.25) is 0 Å². The molecule has 0 radical (unpaired) electrons. The lowest BCUT2D eigenvalue weighted by molar-refractivity contribution is -0.127. The summed E-state index contributed by atoms with van der Waals surface area (Å²) in [6.45, 7) is 1.95. The Morgan fingerprint density at radius 1 is 1.10 bits per heavy atom. The van der Waals surface area contributed by atoms with Gasteiger partial charge in [0.1, 0.15) is 11.5 Å². The Kier molecular flexibility index (Phi) is 6.51. The number of imidazole rings is 1. The van der Waals surface area contributed by atoms with E-state index >= 15 is 0 Å². The van der Waals surface area contributed by atoms with Crippen LogP contribution in [0, 0.1) is 12.3 Å². The number of hydrogen-bond acceptors (Lipinski definition) is 9. The van der Waals surface area contributed by atoms with Crippen LogP contribution in [0.25, 0.3) is 22.7 Å². The number of nitrogens with zero attached hydrogens (tertiary/aromatic N) is 6. The maximum Gasteiger partial charge on any atom is 0.330 e. The molecule has 216 valence electrons. The van der Waals surface area contributed by atoms with E-state index in [9.17, 15) is 9.59 Å². The molecule has 0 amide bonds. The second kappa shape index (κ2) is 10.1. The van der Waals surface area contributed by atoms with Gasteiger partial charge in [-0.05, 0) is 65.0 Å². The molecule has 0 aromatic carbocycles. The molecular formula is C30H36N6O5. The van der Waals surface area contributed by atoms with Gasteiger partial charge >= 0.3 is 5.69 Å². The van der Waals surface area contributed by atoms with Crippen LogP contribution in [-0.2, 0) is 28.4 Å². The molecule has 4 atom stereocenters. The molecule has 11 heteroatoms. The molecule has 2 saturated heterocycles. The van der Waals surface area contributed by atoms with Crippen LogP contribution in [0.1, 0.15) is 75.1 Å². The van der Waals surface area contributed by atoms with E-state index < -0.39 is 11.5 Å². The summed E-state index contributed by atoms with van der Waals surface area (Å²) in [4.78, 5) is 38.8. The normalized spacial score (nSPS) is 27.4. The van der Waals surface area contributed by atoms with Crippen LogP contribution in [0.5, 0.6) is 5.88 Å². The summed E-state index contributed by atoms with van der Waals surface area (Å²) in [5.41, 5.74) is 1.75. The quantitative estimate of drug-likeness (QED) is 0.434. The number of terminal acetylenes is 1. The van der Waals surface area contributed by atoms with Crippen molar-refractivity contribution in [3.05, 3.63) is 21.7 Å². The highest BCUT2D eigenvalue weighted by atomic mass is 16.5. The van der Waals surface area contributed by atoms with E-state index in [-0.39, 0.29) is 35.3 Å². The number of Topliss-reactive ketones (excluding diaryl/α,β-unsaturated/α-hetero) is 1. The molecule has 0 bridgehead atoms. The molecule has 3 aromatic heterocycles. The van der Waals surface area contributed by atoms with Gasteiger partial charge in [0.05, 0.1) is 24.1 Å². The number of hydrogen-bond donors (Lipinski definition) is 0. The van der Waals surface area contributed by atoms with E-state index in [1.54, 1.807) is 11.6 Å². The molecule has 0 N–H and O–H groups in total. The van der Waals surface area contributed by atoms with Gasteiger partial charge in [-0.1, -0.05) is 17.5 Å². The summed E-state index contributed by atoms with van der Waals surface area (Å²) in [6, 6.07) is -0.121. The molecule has 0 unspecified atom stereocenters. The minimum Gasteiger partial charge on any atom is -0.458 e. The maximum absolute atomic E-state index is 13.6. The molecule has 2 aliphatic carbocycles. The number of rotatable bonds is 5. The van der Waals surface area contributed by atoms with Crippen molar-refractivity contribution >= 4 is 16.9 Å². The number of aryl methyl sites for hydroxylation is 1. The van der Waals surface area contributed by atoms with E-state index in [1.807, 2.05) is 7.05 Å². The van der Waals surface area contributed by atoms with Crippen molar-refractivity contribution in [2.75, 3.05) is 26.8 Å². The van der Waals surface area contributed by atoms with Crippen molar-refractivity contribution in [2.45, 2.75) is 87.8 Å². The number of likely N-dealkylation sites (tertiary alicyclic amines) is 1. The molecule has 1 spiro atoms. The van der Waals surface area contributed by atoms with E-state index in [0.29, 0.717) is 43.0 Å². The van der Waals surface area contributed by atoms with Crippen molar-refractivity contribution < 1.29 is 18.8 Å². The topological polar surface area (TPSA) is 118 Å². The molecule has 1 saturated carbocycles. The van der Waals surface area contributed by atoms with Crippen LogP contribution in [0.3, 0.4) is 0 Å². The van der Waals surface area contributed by atoms with Gasteiger partial charge in [-0.3, -0.25) is 18.8 Å². The van der Waals surface area contributed by atoms with Gasteiger partial charge in [-0.15, -0.1) is 6.42 Å².